The molecule has 3 rings (SSSR count). The molecule has 0 unspecified atom stereocenters. The number of hydrogen-bond donors (Lipinski definition) is 1. The van der Waals surface area contributed by atoms with E-state index in [2.05, 4.69) is 15.0 Å². The first-order chi connectivity index (χ1) is 8.53. The van der Waals surface area contributed by atoms with Crippen LogP contribution >= 0.6 is 0 Å². The zero-order chi connectivity index (χ0) is 12.8. The molecule has 7 heteroatoms. The molecule has 6 nitrogen and oxygen atoms in total. The van der Waals surface area contributed by atoms with Crippen molar-refractivity contribution < 1.29 is 12.6 Å². The van der Waals surface area contributed by atoms with Crippen molar-refractivity contribution in [2.24, 2.45) is 0 Å². The zero-order valence-corrected chi connectivity index (χ0v) is 10.2. The third-order valence-electron chi connectivity index (χ3n) is 2.48. The van der Waals surface area contributed by atoms with Gasteiger partial charge in [-0.25, -0.2) is 4.98 Å². The molecule has 0 spiro atoms. The van der Waals surface area contributed by atoms with Gasteiger partial charge in [-0.15, -0.1) is 0 Å². The Balaban J connectivity index is 2.21. The van der Waals surface area contributed by atoms with Crippen LogP contribution < -0.4 is 4.18 Å². The van der Waals surface area contributed by atoms with Crippen molar-refractivity contribution in [3.05, 3.63) is 30.7 Å². The van der Waals surface area contributed by atoms with Gasteiger partial charge in [-0.05, 0) is 12.1 Å². The second kappa shape index (κ2) is 3.67. The minimum atomic E-state index is -3.53. The molecule has 0 saturated heterocycles. The molecule has 0 amide bonds. The molecule has 0 aliphatic heterocycles. The summed E-state index contributed by atoms with van der Waals surface area (Å²) in [5.74, 6) is 0.247. The quantitative estimate of drug-likeness (QED) is 0.707. The summed E-state index contributed by atoms with van der Waals surface area (Å²) >= 11 is 0. The Hall–Kier alpha value is -2.15. The van der Waals surface area contributed by atoms with Gasteiger partial charge in [0.15, 0.2) is 0 Å². The summed E-state index contributed by atoms with van der Waals surface area (Å²) in [5, 5.41) is 0.867. The van der Waals surface area contributed by atoms with E-state index in [1.165, 1.54) is 0 Å². The van der Waals surface area contributed by atoms with Crippen molar-refractivity contribution in [2.75, 3.05) is 6.26 Å². The van der Waals surface area contributed by atoms with Crippen LogP contribution in [-0.4, -0.2) is 29.6 Å². The smallest absolute Gasteiger partial charge is 0.306 e. The zero-order valence-electron chi connectivity index (χ0n) is 9.41. The third-order valence-corrected chi connectivity index (χ3v) is 2.98. The standard InChI is InChI=1S/C11H9N3O3S/c1-18(15,16)17-7-2-3-8-9(4-7)12-5-10-11(8)14-6-13-10/h2-6H,1H3,(H,13,14). The number of aromatic nitrogens is 3. The maximum atomic E-state index is 11.0. The Morgan fingerprint density at radius 2 is 2.06 bits per heavy atom. The second-order valence-electron chi connectivity index (χ2n) is 3.89. The number of nitrogens with zero attached hydrogens (tertiary/aromatic N) is 2. The first kappa shape index (κ1) is 11.0. The SMILES string of the molecule is CS(=O)(=O)Oc1ccc2c(c1)ncc1nc[nH]c12. The van der Waals surface area contributed by atoms with E-state index < -0.39 is 10.1 Å². The van der Waals surface area contributed by atoms with Crippen LogP contribution in [-0.2, 0) is 10.1 Å². The average Bonchev–Trinajstić information content (AvgIpc) is 2.74. The monoisotopic (exact) mass is 263 g/mol. The third kappa shape index (κ3) is 1.88. The van der Waals surface area contributed by atoms with Crippen molar-refractivity contribution in [3.63, 3.8) is 0 Å². The van der Waals surface area contributed by atoms with Crippen molar-refractivity contribution in [3.8, 4) is 5.75 Å². The maximum Gasteiger partial charge on any atom is 0.306 e. The molecule has 0 aliphatic rings. The molecule has 0 atom stereocenters. The van der Waals surface area contributed by atoms with Gasteiger partial charge in [0.2, 0.25) is 0 Å². The molecule has 2 aromatic heterocycles. The molecule has 0 bridgehead atoms. The molecule has 0 fully saturated rings. The number of nitrogens with one attached hydrogen (secondary N) is 1. The van der Waals surface area contributed by atoms with Crippen LogP contribution in [0.2, 0.25) is 0 Å². The number of pyridine rings is 1. The molecule has 1 N–H and O–H groups in total. The lowest BCUT2D eigenvalue weighted by atomic mass is 10.2. The maximum absolute atomic E-state index is 11.0. The van der Waals surface area contributed by atoms with Gasteiger partial charge in [0.25, 0.3) is 0 Å². The van der Waals surface area contributed by atoms with Crippen molar-refractivity contribution >= 4 is 32.1 Å². The van der Waals surface area contributed by atoms with Gasteiger partial charge in [-0.1, -0.05) is 0 Å². The van der Waals surface area contributed by atoms with E-state index in [1.807, 2.05) is 0 Å². The predicted octanol–water partition coefficient (Wildman–Crippen LogP) is 1.45. The number of benzene rings is 1. The van der Waals surface area contributed by atoms with Gasteiger partial charge >= 0.3 is 10.1 Å². The van der Waals surface area contributed by atoms with Gasteiger partial charge < -0.3 is 9.17 Å². The average molecular weight is 263 g/mol. The van der Waals surface area contributed by atoms with E-state index in [4.69, 9.17) is 4.18 Å². The Bertz CT molecular complexity index is 839. The highest BCUT2D eigenvalue weighted by molar-refractivity contribution is 7.86. The van der Waals surface area contributed by atoms with Crippen molar-refractivity contribution in [2.45, 2.75) is 0 Å². The van der Waals surface area contributed by atoms with Gasteiger partial charge in [0.05, 0.1) is 29.8 Å². The van der Waals surface area contributed by atoms with Crippen LogP contribution in [0, 0.1) is 0 Å². The highest BCUT2D eigenvalue weighted by Gasteiger charge is 2.08. The normalized spacial score (nSPS) is 12.1. The van der Waals surface area contributed by atoms with Crippen LogP contribution in [0.1, 0.15) is 0 Å². The lowest BCUT2D eigenvalue weighted by Gasteiger charge is -2.04. The number of imidazole rings is 1. The molecule has 0 radical (unpaired) electrons. The molecule has 2 heterocycles. The van der Waals surface area contributed by atoms with E-state index in [1.54, 1.807) is 30.7 Å². The molecule has 0 saturated carbocycles. The van der Waals surface area contributed by atoms with Crippen LogP contribution in [0.5, 0.6) is 5.75 Å². The lowest BCUT2D eigenvalue weighted by molar-refractivity contribution is 0.493. The lowest BCUT2D eigenvalue weighted by Crippen LogP contribution is -2.05. The van der Waals surface area contributed by atoms with Gasteiger partial charge in [-0.2, -0.15) is 8.42 Å². The summed E-state index contributed by atoms with van der Waals surface area (Å²) in [4.78, 5) is 11.3. The molecular weight excluding hydrogens is 254 g/mol. The van der Waals surface area contributed by atoms with Crippen LogP contribution in [0.3, 0.4) is 0 Å². The number of aromatic amines is 1. The Kier molecular flexibility index (Phi) is 2.24. The number of hydrogen-bond acceptors (Lipinski definition) is 5. The highest BCUT2D eigenvalue weighted by Crippen LogP contribution is 2.25. The van der Waals surface area contributed by atoms with Crippen LogP contribution in [0.15, 0.2) is 30.7 Å². The van der Waals surface area contributed by atoms with Crippen molar-refractivity contribution in [1.82, 2.24) is 15.0 Å². The molecule has 92 valence electrons. The highest BCUT2D eigenvalue weighted by atomic mass is 32.2. The number of fused-ring (bicyclic) bond motifs is 3. The van der Waals surface area contributed by atoms with Gasteiger partial charge in [0, 0.05) is 11.5 Å². The van der Waals surface area contributed by atoms with E-state index in [0.717, 1.165) is 22.7 Å². The Labute approximate surface area is 103 Å². The van der Waals surface area contributed by atoms with E-state index in [0.29, 0.717) is 5.52 Å². The fourth-order valence-corrected chi connectivity index (χ4v) is 2.26. The summed E-state index contributed by atoms with van der Waals surface area (Å²) in [6, 6.07) is 4.92. The predicted molar refractivity (Wildman–Crippen MR) is 66.9 cm³/mol. The molecular formula is C11H9N3O3S. The minimum absolute atomic E-state index is 0.247. The van der Waals surface area contributed by atoms with E-state index in [-0.39, 0.29) is 5.75 Å². The van der Waals surface area contributed by atoms with Crippen molar-refractivity contribution in [1.29, 1.82) is 0 Å². The number of rotatable bonds is 2. The summed E-state index contributed by atoms with van der Waals surface area (Å²) < 4.78 is 26.9. The molecule has 0 aliphatic carbocycles. The molecule has 1 aromatic carbocycles. The van der Waals surface area contributed by atoms with Crippen LogP contribution in [0.4, 0.5) is 0 Å². The topological polar surface area (TPSA) is 84.9 Å². The minimum Gasteiger partial charge on any atom is -0.383 e. The summed E-state index contributed by atoms with van der Waals surface area (Å²) in [6.07, 6.45) is 4.22. The summed E-state index contributed by atoms with van der Waals surface area (Å²) in [6.45, 7) is 0. The Morgan fingerprint density at radius 1 is 1.22 bits per heavy atom. The first-order valence-corrected chi connectivity index (χ1v) is 6.96. The molecule has 3 aromatic rings. The summed E-state index contributed by atoms with van der Waals surface area (Å²) in [5.41, 5.74) is 2.28. The summed E-state index contributed by atoms with van der Waals surface area (Å²) in [7, 11) is -3.53. The number of H-pyrrole nitrogens is 1. The fraction of sp³-hybridized carbons (Fsp3) is 0.0909. The first-order valence-electron chi connectivity index (χ1n) is 5.14. The van der Waals surface area contributed by atoms with Gasteiger partial charge in [0.1, 0.15) is 11.3 Å². The van der Waals surface area contributed by atoms with Crippen LogP contribution in [0.25, 0.3) is 21.9 Å². The van der Waals surface area contributed by atoms with E-state index in [9.17, 15) is 8.42 Å². The van der Waals surface area contributed by atoms with Gasteiger partial charge in [-0.3, -0.25) is 4.98 Å². The second-order valence-corrected chi connectivity index (χ2v) is 5.46. The largest absolute Gasteiger partial charge is 0.383 e. The fourth-order valence-electron chi connectivity index (χ4n) is 1.81. The Morgan fingerprint density at radius 3 is 2.83 bits per heavy atom. The molecule has 18 heavy (non-hydrogen) atoms. The van der Waals surface area contributed by atoms with E-state index >= 15 is 0 Å².